The van der Waals surface area contributed by atoms with Crippen LogP contribution in [-0.2, 0) is 4.74 Å². The summed E-state index contributed by atoms with van der Waals surface area (Å²) < 4.78 is 10.4. The number of aliphatic hydroxyl groups excluding tert-OH is 4. The zero-order valence-electron chi connectivity index (χ0n) is 12.9. The van der Waals surface area contributed by atoms with Crippen molar-refractivity contribution in [3.8, 4) is 5.75 Å². The summed E-state index contributed by atoms with van der Waals surface area (Å²) in [6.45, 7) is 0.617. The predicted molar refractivity (Wildman–Crippen MR) is 78.9 cm³/mol. The van der Waals surface area contributed by atoms with Crippen molar-refractivity contribution in [2.75, 3.05) is 6.61 Å². The van der Waals surface area contributed by atoms with E-state index < -0.39 is 64.3 Å². The fourth-order valence-corrected chi connectivity index (χ4v) is 2.41. The van der Waals surface area contributed by atoms with Gasteiger partial charge in [0.25, 0.3) is 5.69 Å². The van der Waals surface area contributed by atoms with E-state index in [1.54, 1.807) is 0 Å². The van der Waals surface area contributed by atoms with Gasteiger partial charge in [-0.3, -0.25) is 20.2 Å². The van der Waals surface area contributed by atoms with Crippen molar-refractivity contribution >= 4 is 11.4 Å². The molecule has 2 rings (SSSR count). The van der Waals surface area contributed by atoms with Gasteiger partial charge in [-0.1, -0.05) is 0 Å². The first-order chi connectivity index (χ1) is 11.7. The van der Waals surface area contributed by atoms with Crippen LogP contribution in [0.1, 0.15) is 5.56 Å². The van der Waals surface area contributed by atoms with E-state index in [4.69, 9.17) is 14.6 Å². The van der Waals surface area contributed by atoms with Crippen LogP contribution in [0.5, 0.6) is 5.75 Å². The molecule has 0 aliphatic carbocycles. The van der Waals surface area contributed by atoms with Crippen LogP contribution in [-0.4, -0.2) is 67.6 Å². The lowest BCUT2D eigenvalue weighted by atomic mass is 9.99. The monoisotopic (exact) mass is 360 g/mol. The van der Waals surface area contributed by atoms with Crippen LogP contribution in [0, 0.1) is 27.2 Å². The zero-order valence-corrected chi connectivity index (χ0v) is 12.9. The number of ether oxygens (including phenoxy) is 2. The van der Waals surface area contributed by atoms with Gasteiger partial charge in [-0.2, -0.15) is 0 Å². The maximum atomic E-state index is 11.2. The Hall–Kier alpha value is -2.38. The minimum Gasteiger partial charge on any atom is -0.454 e. The Morgan fingerprint density at radius 3 is 2.28 bits per heavy atom. The maximum Gasteiger partial charge on any atom is 0.318 e. The third-order valence-corrected chi connectivity index (χ3v) is 3.73. The molecule has 1 aromatic carbocycles. The van der Waals surface area contributed by atoms with Crippen LogP contribution < -0.4 is 4.74 Å². The van der Waals surface area contributed by atoms with E-state index in [1.165, 1.54) is 6.92 Å². The molecule has 1 aliphatic rings. The molecule has 4 N–H and O–H groups in total. The first-order valence-electron chi connectivity index (χ1n) is 7.08. The van der Waals surface area contributed by atoms with Gasteiger partial charge >= 0.3 is 5.69 Å². The molecular weight excluding hydrogens is 344 g/mol. The van der Waals surface area contributed by atoms with Crippen LogP contribution in [0.25, 0.3) is 0 Å². The zero-order chi connectivity index (χ0) is 18.9. The predicted octanol–water partition coefficient (Wildman–Crippen LogP) is -1.01. The molecule has 0 unspecified atom stereocenters. The van der Waals surface area contributed by atoms with Crippen molar-refractivity contribution in [3.63, 3.8) is 0 Å². The number of aryl methyl sites for hydroxylation is 1. The summed E-state index contributed by atoms with van der Waals surface area (Å²) in [5.74, 6) is -0.403. The van der Waals surface area contributed by atoms with Gasteiger partial charge in [-0.15, -0.1) is 0 Å². The normalized spacial score (nSPS) is 29.2. The van der Waals surface area contributed by atoms with E-state index in [-0.39, 0.29) is 5.56 Å². The lowest BCUT2D eigenvalue weighted by molar-refractivity contribution is -0.395. The number of nitrogens with zero attached hydrogens (tertiary/aromatic N) is 2. The number of aliphatic hydroxyl groups is 4. The summed E-state index contributed by atoms with van der Waals surface area (Å²) in [5.41, 5.74) is -1.23. The highest BCUT2D eigenvalue weighted by Crippen LogP contribution is 2.37. The van der Waals surface area contributed by atoms with E-state index >= 15 is 0 Å². The van der Waals surface area contributed by atoms with Crippen LogP contribution >= 0.6 is 0 Å². The molecule has 0 amide bonds. The summed E-state index contributed by atoms with van der Waals surface area (Å²) in [5, 5.41) is 60.5. The summed E-state index contributed by atoms with van der Waals surface area (Å²) >= 11 is 0. The highest BCUT2D eigenvalue weighted by atomic mass is 16.7. The molecular formula is C13H16N2O10. The SMILES string of the molecule is Cc1cc([N+](=O)[O-])cc([N+](=O)[O-])c1O[C@@H]1O[C@H](CO)[C@H](O)[C@H](O)[C@H]1O. The molecule has 1 fully saturated rings. The lowest BCUT2D eigenvalue weighted by Gasteiger charge is -2.39. The standard InChI is InChI=1S/C13H16N2O10/c1-5-2-6(14(20)21)3-7(15(22)23)12(5)25-13-11(19)10(18)9(17)8(4-16)24-13/h2-3,8-11,13,16-19H,4H2,1H3/t8-,9+,10+,11-,13+/m1/s1. The molecule has 1 aliphatic heterocycles. The number of benzene rings is 1. The van der Waals surface area contributed by atoms with Gasteiger partial charge in [-0.05, 0) is 6.92 Å². The van der Waals surface area contributed by atoms with Gasteiger partial charge in [0.15, 0.2) is 0 Å². The van der Waals surface area contributed by atoms with Gasteiger partial charge in [0.05, 0.1) is 22.5 Å². The number of non-ortho nitro benzene ring substituents is 1. The molecule has 0 saturated carbocycles. The molecule has 1 heterocycles. The Balaban J connectivity index is 2.39. The van der Waals surface area contributed by atoms with Crippen LogP contribution in [0.2, 0.25) is 0 Å². The first kappa shape index (κ1) is 19.0. The van der Waals surface area contributed by atoms with E-state index in [9.17, 15) is 35.5 Å². The molecule has 25 heavy (non-hydrogen) atoms. The van der Waals surface area contributed by atoms with Crippen LogP contribution in [0.15, 0.2) is 12.1 Å². The molecule has 12 heteroatoms. The molecule has 0 aromatic heterocycles. The molecule has 12 nitrogen and oxygen atoms in total. The van der Waals surface area contributed by atoms with Crippen molar-refractivity contribution in [2.24, 2.45) is 0 Å². The third kappa shape index (κ3) is 3.67. The van der Waals surface area contributed by atoms with E-state index in [2.05, 4.69) is 0 Å². The largest absolute Gasteiger partial charge is 0.454 e. The van der Waals surface area contributed by atoms with Crippen molar-refractivity contribution in [1.29, 1.82) is 0 Å². The Kier molecular flexibility index (Phi) is 5.49. The Morgan fingerprint density at radius 1 is 1.12 bits per heavy atom. The molecule has 1 saturated heterocycles. The fourth-order valence-electron chi connectivity index (χ4n) is 2.41. The summed E-state index contributed by atoms with van der Waals surface area (Å²) in [6, 6.07) is 1.72. The van der Waals surface area contributed by atoms with Crippen LogP contribution in [0.4, 0.5) is 11.4 Å². The highest BCUT2D eigenvalue weighted by Gasteiger charge is 2.45. The number of hydrogen-bond donors (Lipinski definition) is 4. The average molecular weight is 360 g/mol. The smallest absolute Gasteiger partial charge is 0.318 e. The van der Waals surface area contributed by atoms with Crippen molar-refractivity contribution < 1.29 is 39.7 Å². The fraction of sp³-hybridized carbons (Fsp3) is 0.538. The maximum absolute atomic E-state index is 11.2. The summed E-state index contributed by atoms with van der Waals surface area (Å²) in [4.78, 5) is 20.3. The highest BCUT2D eigenvalue weighted by molar-refractivity contribution is 5.58. The molecule has 0 radical (unpaired) electrons. The lowest BCUT2D eigenvalue weighted by Crippen LogP contribution is -2.60. The number of hydrogen-bond acceptors (Lipinski definition) is 10. The number of rotatable bonds is 5. The average Bonchev–Trinajstić information content (AvgIpc) is 2.56. The topological polar surface area (TPSA) is 186 Å². The molecule has 5 atom stereocenters. The van der Waals surface area contributed by atoms with Gasteiger partial charge in [-0.25, -0.2) is 0 Å². The van der Waals surface area contributed by atoms with Crippen molar-refractivity contribution in [2.45, 2.75) is 37.6 Å². The van der Waals surface area contributed by atoms with E-state index in [0.717, 1.165) is 6.07 Å². The minimum atomic E-state index is -1.77. The molecule has 138 valence electrons. The minimum absolute atomic E-state index is 0.0258. The Morgan fingerprint density at radius 2 is 1.76 bits per heavy atom. The van der Waals surface area contributed by atoms with Gasteiger partial charge in [0.2, 0.25) is 12.0 Å². The third-order valence-electron chi connectivity index (χ3n) is 3.73. The van der Waals surface area contributed by atoms with Crippen LogP contribution in [0.3, 0.4) is 0 Å². The van der Waals surface area contributed by atoms with E-state index in [0.29, 0.717) is 6.07 Å². The first-order valence-corrected chi connectivity index (χ1v) is 7.08. The second-order valence-corrected chi connectivity index (χ2v) is 5.44. The Labute approximate surface area is 140 Å². The van der Waals surface area contributed by atoms with Crippen molar-refractivity contribution in [1.82, 2.24) is 0 Å². The summed E-state index contributed by atoms with van der Waals surface area (Å²) in [6.07, 6.45) is -8.02. The molecule has 0 bridgehead atoms. The molecule has 0 spiro atoms. The second kappa shape index (κ2) is 7.25. The number of nitro groups is 2. The van der Waals surface area contributed by atoms with E-state index in [1.807, 2.05) is 0 Å². The Bertz CT molecular complexity index is 679. The van der Waals surface area contributed by atoms with Gasteiger partial charge in [0, 0.05) is 11.6 Å². The number of nitro benzene ring substituents is 2. The van der Waals surface area contributed by atoms with Gasteiger partial charge in [0.1, 0.15) is 24.4 Å². The molecule has 1 aromatic rings. The summed E-state index contributed by atoms with van der Waals surface area (Å²) in [7, 11) is 0. The second-order valence-electron chi connectivity index (χ2n) is 5.44. The van der Waals surface area contributed by atoms with Crippen molar-refractivity contribution in [3.05, 3.63) is 37.9 Å². The van der Waals surface area contributed by atoms with Gasteiger partial charge < -0.3 is 29.9 Å². The quantitative estimate of drug-likeness (QED) is 0.374.